The predicted octanol–water partition coefficient (Wildman–Crippen LogP) is -0.940. The molecule has 1 fully saturated rings. The molecule has 10 heavy (non-hydrogen) atoms. The van der Waals surface area contributed by atoms with Gasteiger partial charge >= 0.3 is 0 Å². The molecule has 0 amide bonds. The molecule has 2 N–H and O–H groups in total. The highest BCUT2D eigenvalue weighted by Gasteiger charge is 2.43. The second kappa shape index (κ2) is 2.18. The summed E-state index contributed by atoms with van der Waals surface area (Å²) in [6.07, 6.45) is 1.21. The Bertz CT molecular complexity index is 217. The molecule has 1 rings (SSSR count). The Hall–Kier alpha value is -0.130. The Balaban J connectivity index is 2.53. The van der Waals surface area contributed by atoms with E-state index in [0.29, 0.717) is 12.8 Å². The average Bonchev–Trinajstić information content (AvgIpc) is 2.47. The van der Waals surface area contributed by atoms with Crippen molar-refractivity contribution >= 4 is 10.0 Å². The highest BCUT2D eigenvalue weighted by molar-refractivity contribution is 7.89. The molecule has 4 nitrogen and oxygen atoms in total. The Kier molecular flexibility index (Phi) is 1.74. The maximum absolute atomic E-state index is 10.8. The number of rotatable bonds is 3. The lowest BCUT2D eigenvalue weighted by atomic mass is 10.4. The van der Waals surface area contributed by atoms with Crippen molar-refractivity contribution in [2.45, 2.75) is 18.4 Å². The molecule has 0 bridgehead atoms. The molecule has 0 aromatic carbocycles. The molecule has 0 heterocycles. The van der Waals surface area contributed by atoms with Crippen molar-refractivity contribution in [3.05, 3.63) is 0 Å². The zero-order valence-corrected chi connectivity index (χ0v) is 6.61. The minimum Gasteiger partial charge on any atom is -0.389 e. The van der Waals surface area contributed by atoms with Crippen LogP contribution in [0.15, 0.2) is 0 Å². The first-order chi connectivity index (χ1) is 4.47. The third-order valence-electron chi connectivity index (χ3n) is 1.60. The lowest BCUT2D eigenvalue weighted by molar-refractivity contribution is 0.174. The van der Waals surface area contributed by atoms with Crippen LogP contribution in [0.5, 0.6) is 0 Å². The third kappa shape index (κ3) is 1.93. The van der Waals surface area contributed by atoms with E-state index in [1.54, 1.807) is 0 Å². The van der Waals surface area contributed by atoms with Gasteiger partial charge in [0.1, 0.15) is 0 Å². The van der Waals surface area contributed by atoms with Crippen LogP contribution in [0.2, 0.25) is 0 Å². The molecular formula is C5H11NO3S. The minimum absolute atomic E-state index is 0.156. The van der Waals surface area contributed by atoms with Crippen LogP contribution >= 0.6 is 0 Å². The van der Waals surface area contributed by atoms with E-state index in [-0.39, 0.29) is 5.75 Å². The smallest absolute Gasteiger partial charge is 0.214 e. The first-order valence-electron chi connectivity index (χ1n) is 3.11. The lowest BCUT2D eigenvalue weighted by Crippen LogP contribution is -2.30. The molecule has 1 saturated carbocycles. The fourth-order valence-corrected chi connectivity index (χ4v) is 1.85. The summed E-state index contributed by atoms with van der Waals surface area (Å²) < 4.78 is 23.7. The summed E-state index contributed by atoms with van der Waals surface area (Å²) in [7, 11) is -1.87. The maximum atomic E-state index is 10.8. The number of aliphatic hydroxyl groups is 1. The summed E-state index contributed by atoms with van der Waals surface area (Å²) in [5, 5.41) is 9.18. The molecule has 0 atom stereocenters. The SMILES string of the molecule is CNS(=O)(=O)CC1(O)CC1. The Morgan fingerprint density at radius 2 is 2.10 bits per heavy atom. The second-order valence-corrected chi connectivity index (χ2v) is 4.61. The number of hydrogen-bond donors (Lipinski definition) is 2. The summed E-state index contributed by atoms with van der Waals surface area (Å²) in [4.78, 5) is 0. The van der Waals surface area contributed by atoms with Crippen molar-refractivity contribution in [3.63, 3.8) is 0 Å². The van der Waals surface area contributed by atoms with Gasteiger partial charge in [-0.05, 0) is 19.9 Å². The van der Waals surface area contributed by atoms with Gasteiger partial charge in [0.15, 0.2) is 0 Å². The van der Waals surface area contributed by atoms with E-state index in [0.717, 1.165) is 0 Å². The molecule has 0 spiro atoms. The van der Waals surface area contributed by atoms with E-state index in [2.05, 4.69) is 4.72 Å². The Morgan fingerprint density at radius 3 is 2.40 bits per heavy atom. The van der Waals surface area contributed by atoms with Gasteiger partial charge in [-0.1, -0.05) is 0 Å². The van der Waals surface area contributed by atoms with Crippen molar-refractivity contribution in [1.82, 2.24) is 4.72 Å². The van der Waals surface area contributed by atoms with Crippen molar-refractivity contribution in [3.8, 4) is 0 Å². The van der Waals surface area contributed by atoms with Gasteiger partial charge in [0.2, 0.25) is 10.0 Å². The van der Waals surface area contributed by atoms with Crippen LogP contribution in [-0.2, 0) is 10.0 Å². The molecular weight excluding hydrogens is 154 g/mol. The predicted molar refractivity (Wildman–Crippen MR) is 37.0 cm³/mol. The van der Waals surface area contributed by atoms with Crippen LogP contribution in [0.25, 0.3) is 0 Å². The van der Waals surface area contributed by atoms with Crippen molar-refractivity contribution in [1.29, 1.82) is 0 Å². The van der Waals surface area contributed by atoms with Gasteiger partial charge in [-0.3, -0.25) is 0 Å². The summed E-state index contributed by atoms with van der Waals surface area (Å²) in [5.74, 6) is -0.156. The minimum atomic E-state index is -3.21. The molecule has 1 aliphatic carbocycles. The summed E-state index contributed by atoms with van der Waals surface area (Å²) >= 11 is 0. The van der Waals surface area contributed by atoms with E-state index >= 15 is 0 Å². The molecule has 1 aliphatic rings. The van der Waals surface area contributed by atoms with E-state index in [4.69, 9.17) is 0 Å². The molecule has 0 aromatic heterocycles. The average molecular weight is 165 g/mol. The lowest BCUT2D eigenvalue weighted by Gasteiger charge is -2.06. The molecule has 0 aromatic rings. The zero-order chi connectivity index (χ0) is 7.83. The molecule has 0 aliphatic heterocycles. The molecule has 0 unspecified atom stereocenters. The van der Waals surface area contributed by atoms with E-state index in [1.807, 2.05) is 0 Å². The van der Waals surface area contributed by atoms with Crippen LogP contribution < -0.4 is 4.72 Å². The molecule has 0 radical (unpaired) electrons. The number of sulfonamides is 1. The molecule has 60 valence electrons. The fraction of sp³-hybridized carbons (Fsp3) is 1.00. The van der Waals surface area contributed by atoms with Crippen molar-refractivity contribution in [2.24, 2.45) is 0 Å². The first kappa shape index (κ1) is 7.97. The van der Waals surface area contributed by atoms with Gasteiger partial charge in [-0.15, -0.1) is 0 Å². The summed E-state index contributed by atoms with van der Waals surface area (Å²) in [6, 6.07) is 0. The van der Waals surface area contributed by atoms with Crippen LogP contribution in [0.3, 0.4) is 0 Å². The van der Waals surface area contributed by atoms with E-state index < -0.39 is 15.6 Å². The van der Waals surface area contributed by atoms with Gasteiger partial charge in [0.25, 0.3) is 0 Å². The monoisotopic (exact) mass is 165 g/mol. The van der Waals surface area contributed by atoms with E-state index in [9.17, 15) is 13.5 Å². The first-order valence-corrected chi connectivity index (χ1v) is 4.76. The third-order valence-corrected chi connectivity index (χ3v) is 3.14. The van der Waals surface area contributed by atoms with Crippen LogP contribution in [0, 0.1) is 0 Å². The molecule has 0 saturated heterocycles. The summed E-state index contributed by atoms with van der Waals surface area (Å²) in [6.45, 7) is 0. The van der Waals surface area contributed by atoms with Crippen molar-refractivity contribution in [2.75, 3.05) is 12.8 Å². The summed E-state index contributed by atoms with van der Waals surface area (Å²) in [5.41, 5.74) is -0.915. The Morgan fingerprint density at radius 1 is 1.60 bits per heavy atom. The van der Waals surface area contributed by atoms with Crippen LogP contribution in [0.1, 0.15) is 12.8 Å². The second-order valence-electron chi connectivity index (χ2n) is 2.69. The zero-order valence-electron chi connectivity index (χ0n) is 5.79. The standard InChI is InChI=1S/C5H11NO3S/c1-6-10(8,9)4-5(7)2-3-5/h6-7H,2-4H2,1H3. The topological polar surface area (TPSA) is 66.4 Å². The quantitative estimate of drug-likeness (QED) is 0.567. The van der Waals surface area contributed by atoms with Crippen molar-refractivity contribution < 1.29 is 13.5 Å². The molecule has 5 heteroatoms. The van der Waals surface area contributed by atoms with Crippen LogP contribution in [-0.4, -0.2) is 31.9 Å². The normalized spacial score (nSPS) is 22.6. The van der Waals surface area contributed by atoms with Crippen LogP contribution in [0.4, 0.5) is 0 Å². The van der Waals surface area contributed by atoms with Gasteiger partial charge in [0.05, 0.1) is 11.4 Å². The number of nitrogens with one attached hydrogen (secondary N) is 1. The van der Waals surface area contributed by atoms with Gasteiger partial charge in [0, 0.05) is 0 Å². The van der Waals surface area contributed by atoms with Gasteiger partial charge < -0.3 is 5.11 Å². The Labute approximate surface area is 60.3 Å². The van der Waals surface area contributed by atoms with E-state index in [1.165, 1.54) is 7.05 Å². The maximum Gasteiger partial charge on any atom is 0.214 e. The fourth-order valence-electron chi connectivity index (χ4n) is 0.715. The number of hydrogen-bond acceptors (Lipinski definition) is 3. The highest BCUT2D eigenvalue weighted by Crippen LogP contribution is 2.35. The largest absolute Gasteiger partial charge is 0.389 e. The van der Waals surface area contributed by atoms with Gasteiger partial charge in [-0.25, -0.2) is 13.1 Å². The van der Waals surface area contributed by atoms with Gasteiger partial charge in [-0.2, -0.15) is 0 Å². The highest BCUT2D eigenvalue weighted by atomic mass is 32.2.